The number of benzene rings is 1. The number of nitrogens with zero attached hydrogens (tertiary/aromatic N) is 2. The van der Waals surface area contributed by atoms with Gasteiger partial charge in [0.2, 0.25) is 11.8 Å². The number of nitrogens with one attached hydrogen (secondary N) is 1. The maximum atomic E-state index is 12.6. The summed E-state index contributed by atoms with van der Waals surface area (Å²) in [5.74, 6) is 0.506. The molecule has 2 aliphatic rings. The van der Waals surface area contributed by atoms with E-state index in [1.807, 2.05) is 4.90 Å². The lowest BCUT2D eigenvalue weighted by Crippen LogP contribution is -2.45. The molecule has 1 aromatic rings. The normalized spacial score (nSPS) is 20.3. The van der Waals surface area contributed by atoms with Gasteiger partial charge in [0.05, 0.1) is 5.92 Å². The van der Waals surface area contributed by atoms with Gasteiger partial charge in [-0.3, -0.25) is 9.59 Å². The zero-order chi connectivity index (χ0) is 18.5. The van der Waals surface area contributed by atoms with Gasteiger partial charge in [0.15, 0.2) is 0 Å². The second-order valence-corrected chi connectivity index (χ2v) is 7.77. The van der Waals surface area contributed by atoms with Crippen LogP contribution in [0.4, 0.5) is 0 Å². The van der Waals surface area contributed by atoms with Crippen LogP contribution in [0.2, 0.25) is 0 Å². The van der Waals surface area contributed by atoms with Crippen LogP contribution in [-0.2, 0) is 22.7 Å². The van der Waals surface area contributed by atoms with Gasteiger partial charge in [-0.1, -0.05) is 31.2 Å². The molecular formula is C21H31N3O2. The Morgan fingerprint density at radius 1 is 1.19 bits per heavy atom. The Balaban J connectivity index is 1.50. The lowest BCUT2D eigenvalue weighted by molar-refractivity contribution is -0.136. The minimum absolute atomic E-state index is 0.0687. The second kappa shape index (κ2) is 8.67. The first-order chi connectivity index (χ1) is 12.6. The number of carbonyl (C=O) groups excluding carboxylic acids is 2. The first-order valence-electron chi connectivity index (χ1n) is 9.89. The quantitative estimate of drug-likeness (QED) is 0.815. The van der Waals surface area contributed by atoms with Gasteiger partial charge in [0, 0.05) is 32.1 Å². The summed E-state index contributed by atoms with van der Waals surface area (Å²) in [6, 6.07) is 8.40. The van der Waals surface area contributed by atoms with Crippen LogP contribution in [0.5, 0.6) is 0 Å². The van der Waals surface area contributed by atoms with Gasteiger partial charge >= 0.3 is 0 Å². The van der Waals surface area contributed by atoms with Crippen molar-refractivity contribution in [3.05, 3.63) is 35.4 Å². The van der Waals surface area contributed by atoms with Crippen LogP contribution in [-0.4, -0.2) is 48.3 Å². The van der Waals surface area contributed by atoms with E-state index in [1.54, 1.807) is 0 Å². The molecule has 5 nitrogen and oxygen atoms in total. The molecule has 142 valence electrons. The first kappa shape index (κ1) is 18.9. The second-order valence-electron chi connectivity index (χ2n) is 7.77. The molecule has 0 bridgehead atoms. The van der Waals surface area contributed by atoms with E-state index in [1.165, 1.54) is 5.56 Å². The maximum absolute atomic E-state index is 12.6. The summed E-state index contributed by atoms with van der Waals surface area (Å²) in [4.78, 5) is 29.0. The number of hydrogen-bond donors (Lipinski definition) is 1. The van der Waals surface area contributed by atoms with E-state index in [-0.39, 0.29) is 23.7 Å². The zero-order valence-electron chi connectivity index (χ0n) is 16.0. The smallest absolute Gasteiger partial charge is 0.225 e. The molecule has 1 heterocycles. The van der Waals surface area contributed by atoms with Crippen molar-refractivity contribution in [3.8, 4) is 0 Å². The first-order valence-corrected chi connectivity index (χ1v) is 9.89. The zero-order valence-corrected chi connectivity index (χ0v) is 16.0. The largest absolute Gasteiger partial charge is 0.352 e. The lowest BCUT2D eigenvalue weighted by Gasteiger charge is -2.32. The minimum atomic E-state index is -0.0687. The number of rotatable bonds is 7. The predicted molar refractivity (Wildman–Crippen MR) is 102 cm³/mol. The highest BCUT2D eigenvalue weighted by Gasteiger charge is 2.36. The van der Waals surface area contributed by atoms with Crippen molar-refractivity contribution in [1.29, 1.82) is 0 Å². The Hall–Kier alpha value is -1.88. The van der Waals surface area contributed by atoms with Gasteiger partial charge in [-0.05, 0) is 50.4 Å². The number of piperidine rings is 1. The molecule has 1 saturated carbocycles. The van der Waals surface area contributed by atoms with Gasteiger partial charge in [0.25, 0.3) is 0 Å². The summed E-state index contributed by atoms with van der Waals surface area (Å²) < 4.78 is 0. The van der Waals surface area contributed by atoms with Crippen LogP contribution in [0.3, 0.4) is 0 Å². The van der Waals surface area contributed by atoms with Crippen LogP contribution in [0.15, 0.2) is 24.3 Å². The van der Waals surface area contributed by atoms with E-state index in [4.69, 9.17) is 0 Å². The van der Waals surface area contributed by atoms with Crippen LogP contribution in [0.1, 0.15) is 43.7 Å². The fourth-order valence-corrected chi connectivity index (χ4v) is 3.57. The Labute approximate surface area is 156 Å². The molecule has 1 aromatic carbocycles. The molecule has 0 radical (unpaired) electrons. The number of hydrogen-bond acceptors (Lipinski definition) is 3. The highest BCUT2D eigenvalue weighted by molar-refractivity contribution is 5.83. The molecule has 3 rings (SSSR count). The molecule has 1 aliphatic heterocycles. The van der Waals surface area contributed by atoms with Crippen molar-refractivity contribution in [3.63, 3.8) is 0 Å². The van der Waals surface area contributed by atoms with Crippen molar-refractivity contribution in [2.24, 2.45) is 11.8 Å². The Morgan fingerprint density at radius 3 is 2.69 bits per heavy atom. The average Bonchev–Trinajstić information content (AvgIpc) is 3.51. The van der Waals surface area contributed by atoms with Gasteiger partial charge in [0.1, 0.15) is 0 Å². The predicted octanol–water partition coefficient (Wildman–Crippen LogP) is 2.40. The average molecular weight is 357 g/mol. The van der Waals surface area contributed by atoms with Gasteiger partial charge in [-0.2, -0.15) is 0 Å². The van der Waals surface area contributed by atoms with Crippen molar-refractivity contribution >= 4 is 11.8 Å². The molecule has 26 heavy (non-hydrogen) atoms. The Morgan fingerprint density at radius 2 is 1.96 bits per heavy atom. The maximum Gasteiger partial charge on any atom is 0.225 e. The highest BCUT2D eigenvalue weighted by atomic mass is 16.2. The number of carbonyl (C=O) groups is 2. The number of amides is 2. The fourth-order valence-electron chi connectivity index (χ4n) is 3.57. The Bertz CT molecular complexity index is 642. The molecule has 1 aliphatic carbocycles. The van der Waals surface area contributed by atoms with Crippen LogP contribution in [0, 0.1) is 11.8 Å². The number of likely N-dealkylation sites (tertiary alicyclic amines) is 1. The van der Waals surface area contributed by atoms with Crippen molar-refractivity contribution in [1.82, 2.24) is 15.1 Å². The van der Waals surface area contributed by atoms with Crippen molar-refractivity contribution in [2.75, 3.05) is 26.7 Å². The molecule has 1 N–H and O–H groups in total. The SMILES string of the molecule is CCN(C)Cc1cccc(CNC(=O)C2CCCN(C(=O)C3CC3)C2)c1. The topological polar surface area (TPSA) is 52.7 Å². The van der Waals surface area contributed by atoms with Crippen LogP contribution < -0.4 is 5.32 Å². The molecule has 1 atom stereocenters. The third-order valence-electron chi connectivity index (χ3n) is 5.48. The summed E-state index contributed by atoms with van der Waals surface area (Å²) in [6.07, 6.45) is 3.85. The highest BCUT2D eigenvalue weighted by Crippen LogP contribution is 2.32. The van der Waals surface area contributed by atoms with E-state index in [2.05, 4.69) is 48.5 Å². The third-order valence-corrected chi connectivity index (χ3v) is 5.48. The van der Waals surface area contributed by atoms with Crippen molar-refractivity contribution < 1.29 is 9.59 Å². The Kier molecular flexibility index (Phi) is 6.30. The van der Waals surface area contributed by atoms with E-state index in [0.717, 1.165) is 50.9 Å². The van der Waals surface area contributed by atoms with E-state index < -0.39 is 0 Å². The molecule has 2 amide bonds. The molecule has 1 unspecified atom stereocenters. The minimum Gasteiger partial charge on any atom is -0.352 e. The van der Waals surface area contributed by atoms with Gasteiger partial charge in [-0.25, -0.2) is 0 Å². The van der Waals surface area contributed by atoms with Crippen molar-refractivity contribution in [2.45, 2.75) is 45.7 Å². The molecule has 2 fully saturated rings. The van der Waals surface area contributed by atoms with E-state index in [0.29, 0.717) is 13.1 Å². The lowest BCUT2D eigenvalue weighted by atomic mass is 9.96. The summed E-state index contributed by atoms with van der Waals surface area (Å²) in [5, 5.41) is 3.08. The van der Waals surface area contributed by atoms with E-state index in [9.17, 15) is 9.59 Å². The van der Waals surface area contributed by atoms with Gasteiger partial charge < -0.3 is 15.1 Å². The van der Waals surface area contributed by atoms with Gasteiger partial charge in [-0.15, -0.1) is 0 Å². The molecule has 0 aromatic heterocycles. The van der Waals surface area contributed by atoms with Crippen LogP contribution in [0.25, 0.3) is 0 Å². The standard InChI is InChI=1S/C21H31N3O2/c1-3-23(2)14-17-7-4-6-16(12-17)13-22-20(25)19-8-5-11-24(15-19)21(26)18-9-10-18/h4,6-7,12,18-19H,3,5,8-11,13-15H2,1-2H3,(H,22,25). The fraction of sp³-hybridized carbons (Fsp3) is 0.619. The molecule has 0 spiro atoms. The monoisotopic (exact) mass is 357 g/mol. The van der Waals surface area contributed by atoms with Crippen LogP contribution >= 0.6 is 0 Å². The molecular weight excluding hydrogens is 326 g/mol. The summed E-state index contributed by atoms with van der Waals surface area (Å²) in [7, 11) is 2.10. The molecule has 5 heteroatoms. The third kappa shape index (κ3) is 5.07. The molecule has 1 saturated heterocycles. The summed E-state index contributed by atoms with van der Waals surface area (Å²) in [6.45, 7) is 6.02. The van der Waals surface area contributed by atoms with E-state index >= 15 is 0 Å². The summed E-state index contributed by atoms with van der Waals surface area (Å²) in [5.41, 5.74) is 2.39. The summed E-state index contributed by atoms with van der Waals surface area (Å²) >= 11 is 0.